The number of carbonyl (C=O) groups is 3. The van der Waals surface area contributed by atoms with Gasteiger partial charge in [-0.1, -0.05) is 13.0 Å². The van der Waals surface area contributed by atoms with Gasteiger partial charge in [-0.2, -0.15) is 0 Å². The van der Waals surface area contributed by atoms with Crippen LogP contribution in [0.3, 0.4) is 0 Å². The summed E-state index contributed by atoms with van der Waals surface area (Å²) in [5.74, 6) is -2.82. The molecule has 0 amide bonds. The summed E-state index contributed by atoms with van der Waals surface area (Å²) in [6.07, 6.45) is 5.50. The smallest absolute Gasteiger partial charge is 0.303 e. The second-order valence-corrected chi connectivity index (χ2v) is 7.46. The van der Waals surface area contributed by atoms with Gasteiger partial charge < -0.3 is 14.6 Å². The first-order valence-corrected chi connectivity index (χ1v) is 8.37. The van der Waals surface area contributed by atoms with Crippen molar-refractivity contribution in [2.45, 2.75) is 44.8 Å². The number of ether oxygens (including phenoxy) is 2. The third kappa shape index (κ3) is 1.93. The molecule has 132 valence electrons. The Hall–Kier alpha value is -1.53. The molecular weight excluding hydrogens is 312 g/mol. The van der Waals surface area contributed by atoms with Crippen LogP contribution in [0.4, 0.5) is 0 Å². The Bertz CT molecular complexity index is 619. The zero-order valence-electron chi connectivity index (χ0n) is 14.3. The number of ketones is 2. The zero-order chi connectivity index (χ0) is 17.8. The predicted octanol–water partition coefficient (Wildman–Crippen LogP) is 1.97. The maximum atomic E-state index is 12.9. The average molecular weight is 336 g/mol. The highest BCUT2D eigenvalue weighted by molar-refractivity contribution is 5.99. The molecule has 4 aliphatic rings. The van der Waals surface area contributed by atoms with Crippen LogP contribution in [-0.4, -0.2) is 42.6 Å². The van der Waals surface area contributed by atoms with E-state index in [2.05, 4.69) is 0 Å². The topological polar surface area (TPSA) is 89.9 Å². The Balaban J connectivity index is 2.12. The number of methoxy groups -OCH3 is 2. The van der Waals surface area contributed by atoms with Crippen LogP contribution in [0.1, 0.15) is 39.0 Å². The van der Waals surface area contributed by atoms with E-state index < -0.39 is 22.6 Å². The molecule has 0 aromatic rings. The molecule has 2 unspecified atom stereocenters. The first kappa shape index (κ1) is 17.3. The summed E-state index contributed by atoms with van der Waals surface area (Å²) >= 11 is 0. The van der Waals surface area contributed by atoms with Gasteiger partial charge in [-0.3, -0.25) is 14.4 Å². The number of carbonyl (C=O) groups excluding carboxylic acids is 2. The van der Waals surface area contributed by atoms with Gasteiger partial charge in [-0.05, 0) is 37.7 Å². The summed E-state index contributed by atoms with van der Waals surface area (Å²) in [4.78, 5) is 36.7. The first-order chi connectivity index (χ1) is 11.3. The monoisotopic (exact) mass is 336 g/mol. The number of carboxylic acid groups (broad SMARTS) is 1. The van der Waals surface area contributed by atoms with Gasteiger partial charge in [0.05, 0.1) is 5.41 Å². The second-order valence-electron chi connectivity index (χ2n) is 7.46. The minimum absolute atomic E-state index is 0.0606. The fourth-order valence-corrected chi connectivity index (χ4v) is 5.38. The summed E-state index contributed by atoms with van der Waals surface area (Å²) in [6.45, 7) is 1.83. The lowest BCUT2D eigenvalue weighted by Gasteiger charge is -2.63. The van der Waals surface area contributed by atoms with Crippen molar-refractivity contribution in [2.75, 3.05) is 14.2 Å². The van der Waals surface area contributed by atoms with Gasteiger partial charge in [-0.15, -0.1) is 0 Å². The van der Waals surface area contributed by atoms with Gasteiger partial charge in [0.1, 0.15) is 0 Å². The van der Waals surface area contributed by atoms with Crippen LogP contribution >= 0.6 is 0 Å². The number of rotatable bonds is 5. The van der Waals surface area contributed by atoms with Crippen molar-refractivity contribution in [3.8, 4) is 0 Å². The molecular formula is C18H24O6. The maximum absolute atomic E-state index is 12.9. The fraction of sp³-hybridized carbons (Fsp3) is 0.722. The molecule has 6 heteroatoms. The van der Waals surface area contributed by atoms with Crippen molar-refractivity contribution in [1.29, 1.82) is 0 Å². The normalized spacial score (nSPS) is 39.8. The van der Waals surface area contributed by atoms with Crippen LogP contribution in [0.2, 0.25) is 0 Å². The van der Waals surface area contributed by atoms with Crippen molar-refractivity contribution in [3.63, 3.8) is 0 Å². The highest BCUT2D eigenvalue weighted by Gasteiger charge is 2.72. The van der Waals surface area contributed by atoms with E-state index in [0.717, 1.165) is 6.42 Å². The molecule has 3 saturated carbocycles. The maximum Gasteiger partial charge on any atom is 0.303 e. The lowest BCUT2D eigenvalue weighted by atomic mass is 9.43. The third-order valence-corrected chi connectivity index (χ3v) is 6.65. The zero-order valence-corrected chi connectivity index (χ0v) is 14.3. The largest absolute Gasteiger partial charge is 0.481 e. The number of Topliss-reactive ketones (excluding diaryl/α,β-unsaturated/α-hetero) is 1. The Morgan fingerprint density at radius 1 is 1.33 bits per heavy atom. The third-order valence-electron chi connectivity index (χ3n) is 6.65. The van der Waals surface area contributed by atoms with Crippen molar-refractivity contribution in [1.82, 2.24) is 0 Å². The van der Waals surface area contributed by atoms with E-state index in [-0.39, 0.29) is 36.2 Å². The molecule has 0 aliphatic heterocycles. The molecule has 4 aliphatic carbocycles. The first-order valence-electron chi connectivity index (χ1n) is 8.37. The highest BCUT2D eigenvalue weighted by Crippen LogP contribution is 2.66. The van der Waals surface area contributed by atoms with Crippen LogP contribution in [0, 0.1) is 22.7 Å². The standard InChI is InChI=1S/C18H24O6/c1-16(7-6-14(20)21)12-10-11-4-8-17(12,9-5-13(16)19)18(23-2,24-3)15(11)22/h5,9,11-12H,4,6-8,10H2,1-3H3,(H,20,21)/t11-,12?,16?,17-/m0/s1. The molecule has 0 aromatic carbocycles. The van der Waals surface area contributed by atoms with E-state index >= 15 is 0 Å². The number of carboxylic acids is 1. The van der Waals surface area contributed by atoms with Gasteiger partial charge in [-0.25, -0.2) is 0 Å². The van der Waals surface area contributed by atoms with E-state index in [1.165, 1.54) is 20.3 Å². The molecule has 0 saturated heterocycles. The summed E-state index contributed by atoms with van der Waals surface area (Å²) < 4.78 is 11.3. The molecule has 6 nitrogen and oxygen atoms in total. The SMILES string of the molecule is COC1(OC)C(=O)[C@H]2CC[C@@]13C=CC(=O)C(C)(CCC(=O)O)C3C2. The molecule has 1 N–H and O–H groups in total. The summed E-state index contributed by atoms with van der Waals surface area (Å²) in [5.41, 5.74) is -1.54. The van der Waals surface area contributed by atoms with Gasteiger partial charge in [0.15, 0.2) is 11.6 Å². The van der Waals surface area contributed by atoms with E-state index in [9.17, 15) is 14.4 Å². The van der Waals surface area contributed by atoms with Gasteiger partial charge >= 0.3 is 5.97 Å². The molecule has 3 fully saturated rings. The predicted molar refractivity (Wildman–Crippen MR) is 84.1 cm³/mol. The van der Waals surface area contributed by atoms with Crippen LogP contribution < -0.4 is 0 Å². The van der Waals surface area contributed by atoms with Crippen molar-refractivity contribution in [3.05, 3.63) is 12.2 Å². The molecule has 1 spiro atoms. The summed E-state index contributed by atoms with van der Waals surface area (Å²) in [6, 6.07) is 0. The number of allylic oxidation sites excluding steroid dienone is 1. The quantitative estimate of drug-likeness (QED) is 0.772. The van der Waals surface area contributed by atoms with E-state index in [1.807, 2.05) is 6.92 Å². The molecule has 4 rings (SSSR count). The molecule has 0 radical (unpaired) electrons. The number of fused-ring (bicyclic) bond motifs is 2. The molecule has 24 heavy (non-hydrogen) atoms. The highest BCUT2D eigenvalue weighted by atomic mass is 16.7. The van der Waals surface area contributed by atoms with E-state index in [0.29, 0.717) is 12.8 Å². The van der Waals surface area contributed by atoms with Crippen molar-refractivity contribution < 1.29 is 29.0 Å². The lowest BCUT2D eigenvalue weighted by Crippen LogP contribution is -2.71. The Morgan fingerprint density at radius 3 is 2.58 bits per heavy atom. The fourth-order valence-electron chi connectivity index (χ4n) is 5.38. The molecule has 0 aromatic heterocycles. The van der Waals surface area contributed by atoms with Gasteiger partial charge in [0, 0.05) is 32.0 Å². The van der Waals surface area contributed by atoms with Crippen LogP contribution in [0.25, 0.3) is 0 Å². The van der Waals surface area contributed by atoms with Crippen LogP contribution in [0.5, 0.6) is 0 Å². The minimum Gasteiger partial charge on any atom is -0.481 e. The lowest BCUT2D eigenvalue weighted by molar-refractivity contribution is -0.295. The van der Waals surface area contributed by atoms with Crippen LogP contribution in [-0.2, 0) is 23.9 Å². The second kappa shape index (κ2) is 5.49. The Kier molecular flexibility index (Phi) is 3.96. The molecule has 2 bridgehead atoms. The van der Waals surface area contributed by atoms with Crippen LogP contribution in [0.15, 0.2) is 12.2 Å². The average Bonchev–Trinajstić information content (AvgIpc) is 2.58. The van der Waals surface area contributed by atoms with E-state index in [1.54, 1.807) is 6.08 Å². The van der Waals surface area contributed by atoms with E-state index in [4.69, 9.17) is 14.6 Å². The summed E-state index contributed by atoms with van der Waals surface area (Å²) in [7, 11) is 2.93. The number of hydrogen-bond donors (Lipinski definition) is 1. The van der Waals surface area contributed by atoms with Crippen molar-refractivity contribution in [2.24, 2.45) is 22.7 Å². The Labute approximate surface area is 141 Å². The molecule has 4 atom stereocenters. The number of aliphatic carboxylic acids is 1. The van der Waals surface area contributed by atoms with Gasteiger partial charge in [0.25, 0.3) is 0 Å². The minimum atomic E-state index is -1.39. The molecule has 0 heterocycles. The summed E-state index contributed by atoms with van der Waals surface area (Å²) in [5, 5.41) is 9.08. The Morgan fingerprint density at radius 2 is 2.00 bits per heavy atom. The number of hydrogen-bond acceptors (Lipinski definition) is 5. The van der Waals surface area contributed by atoms with Crippen molar-refractivity contribution >= 4 is 17.5 Å². The van der Waals surface area contributed by atoms with Gasteiger partial charge in [0.2, 0.25) is 5.79 Å².